The van der Waals surface area contributed by atoms with Crippen molar-refractivity contribution < 1.29 is 0 Å². The summed E-state index contributed by atoms with van der Waals surface area (Å²) in [5, 5.41) is 3.35. The maximum atomic E-state index is 4.51. The number of halogens is 1. The minimum absolute atomic E-state index is 0.876. The Kier molecular flexibility index (Phi) is 4.44. The summed E-state index contributed by atoms with van der Waals surface area (Å²) in [6, 6.07) is 12.6. The molecular weight excluding hydrogens is 326 g/mol. The number of nitrogens with one attached hydrogen (secondary N) is 1. The van der Waals surface area contributed by atoms with Gasteiger partial charge in [-0.3, -0.25) is 0 Å². The summed E-state index contributed by atoms with van der Waals surface area (Å²) < 4.78 is 1.04. The maximum absolute atomic E-state index is 4.51. The van der Waals surface area contributed by atoms with Gasteiger partial charge in [-0.2, -0.15) is 0 Å². The Morgan fingerprint density at radius 3 is 2.38 bits per heavy atom. The molecule has 0 unspecified atom stereocenters. The topological polar surface area (TPSA) is 28.2 Å². The van der Waals surface area contributed by atoms with Crippen molar-refractivity contribution in [2.45, 2.75) is 26.2 Å². The Labute approximate surface area is 134 Å². The van der Waals surface area contributed by atoms with E-state index >= 15 is 0 Å². The molecular formula is C17H20BrN3. The molecule has 1 fully saturated rings. The first-order chi connectivity index (χ1) is 10.2. The monoisotopic (exact) mass is 345 g/mol. The fourth-order valence-corrected chi connectivity index (χ4v) is 2.89. The van der Waals surface area contributed by atoms with E-state index in [1.165, 1.54) is 38.0 Å². The Bertz CT molecular complexity index is 604. The van der Waals surface area contributed by atoms with Gasteiger partial charge >= 0.3 is 0 Å². The Hall–Kier alpha value is -1.55. The van der Waals surface area contributed by atoms with E-state index in [1.54, 1.807) is 0 Å². The molecule has 1 aliphatic rings. The van der Waals surface area contributed by atoms with E-state index in [9.17, 15) is 0 Å². The van der Waals surface area contributed by atoms with Crippen molar-refractivity contribution in [3.63, 3.8) is 0 Å². The molecule has 0 atom stereocenters. The highest BCUT2D eigenvalue weighted by Crippen LogP contribution is 2.24. The minimum Gasteiger partial charge on any atom is -0.372 e. The highest BCUT2D eigenvalue weighted by molar-refractivity contribution is 9.10. The lowest BCUT2D eigenvalue weighted by Crippen LogP contribution is -2.29. The Balaban J connectivity index is 1.70. The summed E-state index contributed by atoms with van der Waals surface area (Å²) in [5.74, 6) is 0.876. The summed E-state index contributed by atoms with van der Waals surface area (Å²) in [7, 11) is 0. The number of aryl methyl sites for hydroxylation is 1. The van der Waals surface area contributed by atoms with Gasteiger partial charge in [-0.25, -0.2) is 4.98 Å². The molecule has 1 N–H and O–H groups in total. The molecule has 4 heteroatoms. The van der Waals surface area contributed by atoms with Crippen molar-refractivity contribution in [3.05, 3.63) is 46.6 Å². The highest BCUT2D eigenvalue weighted by atomic mass is 79.9. The molecule has 110 valence electrons. The van der Waals surface area contributed by atoms with Gasteiger partial charge in [0.1, 0.15) is 5.82 Å². The van der Waals surface area contributed by atoms with Crippen LogP contribution in [0, 0.1) is 6.92 Å². The number of aromatic nitrogens is 1. The van der Waals surface area contributed by atoms with E-state index in [0.717, 1.165) is 21.7 Å². The number of benzene rings is 1. The van der Waals surface area contributed by atoms with Crippen LogP contribution in [0.2, 0.25) is 0 Å². The Morgan fingerprint density at radius 1 is 1.00 bits per heavy atom. The number of nitrogens with zero attached hydrogens (tertiary/aromatic N) is 2. The number of rotatable bonds is 3. The zero-order chi connectivity index (χ0) is 14.7. The lowest BCUT2D eigenvalue weighted by Gasteiger charge is -2.28. The normalized spacial score (nSPS) is 15.0. The smallest absolute Gasteiger partial charge is 0.130 e. The van der Waals surface area contributed by atoms with Crippen LogP contribution in [0.3, 0.4) is 0 Å². The molecule has 0 aliphatic carbocycles. The van der Waals surface area contributed by atoms with Crippen LogP contribution in [0.1, 0.15) is 25.0 Å². The summed E-state index contributed by atoms with van der Waals surface area (Å²) in [4.78, 5) is 6.98. The van der Waals surface area contributed by atoms with Gasteiger partial charge in [0.15, 0.2) is 0 Å². The first kappa shape index (κ1) is 14.4. The molecule has 3 rings (SSSR count). The standard InChI is InChI=1S/C17H20BrN3/c1-13-16(18)9-10-17(19-13)20-14-5-7-15(8-6-14)21-11-3-2-4-12-21/h5-10H,2-4,11-12H2,1H3,(H,19,20). The second-order valence-electron chi connectivity index (χ2n) is 5.48. The zero-order valence-corrected chi connectivity index (χ0v) is 13.9. The van der Waals surface area contributed by atoms with Crippen LogP contribution in [-0.4, -0.2) is 18.1 Å². The molecule has 3 nitrogen and oxygen atoms in total. The van der Waals surface area contributed by atoms with E-state index in [1.807, 2.05) is 19.1 Å². The lowest BCUT2D eigenvalue weighted by atomic mass is 10.1. The molecule has 2 heterocycles. The molecule has 0 radical (unpaired) electrons. The molecule has 0 amide bonds. The average Bonchev–Trinajstić information content (AvgIpc) is 2.53. The van der Waals surface area contributed by atoms with Gasteiger partial charge in [-0.1, -0.05) is 0 Å². The van der Waals surface area contributed by atoms with Crippen LogP contribution in [0.5, 0.6) is 0 Å². The predicted octanol–water partition coefficient (Wildman–Crippen LogP) is 4.89. The second-order valence-corrected chi connectivity index (χ2v) is 6.34. The zero-order valence-electron chi connectivity index (χ0n) is 12.3. The Morgan fingerprint density at radius 2 is 1.71 bits per heavy atom. The van der Waals surface area contributed by atoms with Gasteiger partial charge < -0.3 is 10.2 Å². The van der Waals surface area contributed by atoms with Crippen LogP contribution >= 0.6 is 15.9 Å². The van der Waals surface area contributed by atoms with E-state index < -0.39 is 0 Å². The van der Waals surface area contributed by atoms with Crippen LogP contribution in [0.4, 0.5) is 17.2 Å². The summed E-state index contributed by atoms with van der Waals surface area (Å²) in [5.41, 5.74) is 3.38. The van der Waals surface area contributed by atoms with Crippen molar-refractivity contribution in [2.75, 3.05) is 23.3 Å². The first-order valence-corrected chi connectivity index (χ1v) is 8.27. The van der Waals surface area contributed by atoms with Crippen LogP contribution < -0.4 is 10.2 Å². The van der Waals surface area contributed by atoms with E-state index in [4.69, 9.17) is 0 Å². The third-order valence-corrected chi connectivity index (χ3v) is 4.72. The van der Waals surface area contributed by atoms with Crippen LogP contribution in [0.25, 0.3) is 0 Å². The van der Waals surface area contributed by atoms with Crippen molar-refractivity contribution in [1.29, 1.82) is 0 Å². The largest absolute Gasteiger partial charge is 0.372 e. The molecule has 21 heavy (non-hydrogen) atoms. The fraction of sp³-hybridized carbons (Fsp3) is 0.353. The van der Waals surface area contributed by atoms with Gasteiger partial charge in [-0.15, -0.1) is 0 Å². The summed E-state index contributed by atoms with van der Waals surface area (Å²) in [6.45, 7) is 4.36. The molecule has 1 aliphatic heterocycles. The molecule has 2 aromatic rings. The van der Waals surface area contributed by atoms with Gasteiger partial charge in [0.2, 0.25) is 0 Å². The lowest BCUT2D eigenvalue weighted by molar-refractivity contribution is 0.578. The molecule has 1 aromatic carbocycles. The van der Waals surface area contributed by atoms with Crippen molar-refractivity contribution in [3.8, 4) is 0 Å². The number of hydrogen-bond donors (Lipinski definition) is 1. The van der Waals surface area contributed by atoms with Gasteiger partial charge in [0, 0.05) is 28.9 Å². The first-order valence-electron chi connectivity index (χ1n) is 7.47. The summed E-state index contributed by atoms with van der Waals surface area (Å²) >= 11 is 3.47. The van der Waals surface area contributed by atoms with Crippen LogP contribution in [-0.2, 0) is 0 Å². The molecule has 0 saturated carbocycles. The quantitative estimate of drug-likeness (QED) is 0.858. The van der Waals surface area contributed by atoms with Gasteiger partial charge in [-0.05, 0) is 78.5 Å². The third kappa shape index (κ3) is 3.56. The minimum atomic E-state index is 0.876. The van der Waals surface area contributed by atoms with E-state index in [-0.39, 0.29) is 0 Å². The van der Waals surface area contributed by atoms with E-state index in [0.29, 0.717) is 0 Å². The molecule has 0 bridgehead atoms. The second kappa shape index (κ2) is 6.48. The molecule has 1 saturated heterocycles. The van der Waals surface area contributed by atoms with Gasteiger partial charge in [0.25, 0.3) is 0 Å². The number of pyridine rings is 1. The average molecular weight is 346 g/mol. The highest BCUT2D eigenvalue weighted by Gasteiger charge is 2.10. The maximum Gasteiger partial charge on any atom is 0.130 e. The summed E-state index contributed by atoms with van der Waals surface area (Å²) in [6.07, 6.45) is 3.98. The van der Waals surface area contributed by atoms with E-state index in [2.05, 4.69) is 55.4 Å². The number of anilines is 3. The molecule has 1 aromatic heterocycles. The van der Waals surface area contributed by atoms with Gasteiger partial charge in [0.05, 0.1) is 5.69 Å². The fourth-order valence-electron chi connectivity index (χ4n) is 2.67. The van der Waals surface area contributed by atoms with Crippen molar-refractivity contribution >= 4 is 33.1 Å². The SMILES string of the molecule is Cc1nc(Nc2ccc(N3CCCCC3)cc2)ccc1Br. The van der Waals surface area contributed by atoms with Crippen molar-refractivity contribution in [1.82, 2.24) is 4.98 Å². The van der Waals surface area contributed by atoms with Crippen LogP contribution in [0.15, 0.2) is 40.9 Å². The third-order valence-electron chi connectivity index (χ3n) is 3.88. The number of piperidine rings is 1. The number of hydrogen-bond acceptors (Lipinski definition) is 3. The van der Waals surface area contributed by atoms with Crippen molar-refractivity contribution in [2.24, 2.45) is 0 Å². The predicted molar refractivity (Wildman–Crippen MR) is 92.5 cm³/mol. The molecule has 0 spiro atoms.